The van der Waals surface area contributed by atoms with Gasteiger partial charge in [-0.2, -0.15) is 5.10 Å². The molecule has 2 aromatic heterocycles. The Balaban J connectivity index is 2.52. The molecule has 4 nitrogen and oxygen atoms in total. The van der Waals surface area contributed by atoms with E-state index in [2.05, 4.69) is 29.0 Å². The lowest BCUT2D eigenvalue weighted by atomic mass is 10.1. The van der Waals surface area contributed by atoms with Crippen LogP contribution in [-0.2, 0) is 0 Å². The average Bonchev–Trinajstić information content (AvgIpc) is 2.70. The van der Waals surface area contributed by atoms with E-state index < -0.39 is 0 Å². The lowest BCUT2D eigenvalue weighted by Crippen LogP contribution is -1.88. The van der Waals surface area contributed by atoms with Gasteiger partial charge in [0, 0.05) is 11.1 Å². The Bertz CT molecular complexity index is 416. The number of hydrogen-bond donors (Lipinski definition) is 2. The molecule has 74 valence electrons. The van der Waals surface area contributed by atoms with Crippen molar-refractivity contribution in [3.63, 3.8) is 0 Å². The summed E-state index contributed by atoms with van der Waals surface area (Å²) in [6.07, 6.45) is 1.72. The van der Waals surface area contributed by atoms with E-state index in [9.17, 15) is 0 Å². The van der Waals surface area contributed by atoms with Crippen molar-refractivity contribution >= 4 is 16.5 Å². The van der Waals surface area contributed by atoms with E-state index in [4.69, 9.17) is 5.73 Å². The number of hydrogen-bond acceptors (Lipinski definition) is 4. The Hall–Kier alpha value is -1.36. The molecular formula is C9H12N4S. The maximum absolute atomic E-state index is 5.70. The normalized spacial score (nSPS) is 11.1. The summed E-state index contributed by atoms with van der Waals surface area (Å²) in [7, 11) is 0. The molecule has 0 aliphatic rings. The zero-order chi connectivity index (χ0) is 10.1. The molecule has 3 N–H and O–H groups in total. The average molecular weight is 208 g/mol. The molecule has 0 aliphatic heterocycles. The predicted octanol–water partition coefficient (Wildman–Crippen LogP) is 2.24. The molecule has 0 fully saturated rings. The fourth-order valence-corrected chi connectivity index (χ4v) is 2.17. The first kappa shape index (κ1) is 9.21. The third-order valence-electron chi connectivity index (χ3n) is 1.95. The van der Waals surface area contributed by atoms with Gasteiger partial charge < -0.3 is 5.73 Å². The zero-order valence-corrected chi connectivity index (χ0v) is 8.93. The minimum Gasteiger partial charge on any atom is -0.375 e. The molecule has 0 aliphatic carbocycles. The quantitative estimate of drug-likeness (QED) is 0.795. The second-order valence-corrected chi connectivity index (χ2v) is 4.45. The van der Waals surface area contributed by atoms with Gasteiger partial charge in [-0.05, 0) is 12.0 Å². The van der Waals surface area contributed by atoms with Gasteiger partial charge in [0.25, 0.3) is 0 Å². The van der Waals surface area contributed by atoms with Crippen molar-refractivity contribution in [2.75, 3.05) is 5.73 Å². The fraction of sp³-hybridized carbons (Fsp3) is 0.333. The number of nitrogens with zero attached hydrogens (tertiary/aromatic N) is 2. The molecule has 0 saturated heterocycles. The van der Waals surface area contributed by atoms with Crippen LogP contribution in [0.1, 0.15) is 24.6 Å². The highest BCUT2D eigenvalue weighted by Gasteiger charge is 2.15. The van der Waals surface area contributed by atoms with Crippen molar-refractivity contribution in [2.45, 2.75) is 19.8 Å². The van der Waals surface area contributed by atoms with Gasteiger partial charge >= 0.3 is 0 Å². The molecule has 2 rings (SSSR count). The molecule has 0 atom stereocenters. The van der Waals surface area contributed by atoms with E-state index in [0.29, 0.717) is 11.0 Å². The van der Waals surface area contributed by atoms with Gasteiger partial charge in [-0.1, -0.05) is 13.8 Å². The van der Waals surface area contributed by atoms with E-state index in [-0.39, 0.29) is 0 Å². The molecule has 0 unspecified atom stereocenters. The van der Waals surface area contributed by atoms with Crippen LogP contribution in [0.3, 0.4) is 0 Å². The maximum atomic E-state index is 5.70. The molecule has 0 bridgehead atoms. The van der Waals surface area contributed by atoms with Crippen molar-refractivity contribution in [1.82, 2.24) is 15.2 Å². The monoisotopic (exact) mass is 208 g/mol. The third-order valence-corrected chi connectivity index (χ3v) is 3.14. The number of aromatic nitrogens is 3. The predicted molar refractivity (Wildman–Crippen MR) is 58.2 cm³/mol. The Morgan fingerprint density at radius 1 is 1.50 bits per heavy atom. The van der Waals surface area contributed by atoms with Crippen molar-refractivity contribution < 1.29 is 0 Å². The summed E-state index contributed by atoms with van der Waals surface area (Å²) in [6.45, 7) is 4.26. The van der Waals surface area contributed by atoms with E-state index in [1.165, 1.54) is 16.2 Å². The smallest absolute Gasteiger partial charge is 0.180 e. The van der Waals surface area contributed by atoms with Crippen molar-refractivity contribution in [3.8, 4) is 11.4 Å². The number of aromatic amines is 1. The lowest BCUT2D eigenvalue weighted by Gasteiger charge is -2.02. The highest BCUT2D eigenvalue weighted by Crippen LogP contribution is 2.33. The molecule has 14 heavy (non-hydrogen) atoms. The summed E-state index contributed by atoms with van der Waals surface area (Å²) < 4.78 is 0. The number of H-pyrrole nitrogens is 1. The van der Waals surface area contributed by atoms with Crippen LogP contribution in [0.25, 0.3) is 11.4 Å². The second-order valence-electron chi connectivity index (χ2n) is 3.39. The SMILES string of the molecule is CC(C)c1sc(N)nc1-c1ccn[nH]1. The van der Waals surface area contributed by atoms with Gasteiger partial charge in [0.1, 0.15) is 5.69 Å². The van der Waals surface area contributed by atoms with Crippen LogP contribution in [-0.4, -0.2) is 15.2 Å². The zero-order valence-electron chi connectivity index (χ0n) is 8.11. The first-order valence-electron chi connectivity index (χ1n) is 4.44. The number of nitrogens with two attached hydrogens (primary N) is 1. The topological polar surface area (TPSA) is 67.6 Å². The van der Waals surface area contributed by atoms with Gasteiger partial charge in [-0.3, -0.25) is 5.10 Å². The maximum Gasteiger partial charge on any atom is 0.180 e. The van der Waals surface area contributed by atoms with E-state index >= 15 is 0 Å². The van der Waals surface area contributed by atoms with Crippen LogP contribution in [0.4, 0.5) is 5.13 Å². The van der Waals surface area contributed by atoms with Crippen LogP contribution in [0.2, 0.25) is 0 Å². The number of anilines is 1. The van der Waals surface area contributed by atoms with E-state index in [1.54, 1.807) is 6.20 Å². The summed E-state index contributed by atoms with van der Waals surface area (Å²) >= 11 is 1.54. The van der Waals surface area contributed by atoms with Gasteiger partial charge in [-0.25, -0.2) is 4.98 Å². The van der Waals surface area contributed by atoms with Gasteiger partial charge in [0.2, 0.25) is 0 Å². The van der Waals surface area contributed by atoms with Gasteiger partial charge in [-0.15, -0.1) is 11.3 Å². The van der Waals surface area contributed by atoms with Crippen LogP contribution in [0, 0.1) is 0 Å². The highest BCUT2D eigenvalue weighted by atomic mass is 32.1. The Morgan fingerprint density at radius 2 is 2.29 bits per heavy atom. The van der Waals surface area contributed by atoms with E-state index in [1.807, 2.05) is 6.07 Å². The Kier molecular flexibility index (Phi) is 2.25. The molecule has 2 aromatic rings. The molecular weight excluding hydrogens is 196 g/mol. The highest BCUT2D eigenvalue weighted by molar-refractivity contribution is 7.15. The number of thiazole rings is 1. The van der Waals surface area contributed by atoms with Crippen LogP contribution >= 0.6 is 11.3 Å². The molecule has 5 heteroatoms. The number of nitrogen functional groups attached to an aromatic ring is 1. The van der Waals surface area contributed by atoms with Crippen LogP contribution in [0.15, 0.2) is 12.3 Å². The van der Waals surface area contributed by atoms with Gasteiger partial charge in [0.05, 0.1) is 5.69 Å². The third kappa shape index (κ3) is 1.50. The summed E-state index contributed by atoms with van der Waals surface area (Å²) in [5.41, 5.74) is 7.56. The van der Waals surface area contributed by atoms with Crippen molar-refractivity contribution in [1.29, 1.82) is 0 Å². The summed E-state index contributed by atoms with van der Waals surface area (Å²) in [6, 6.07) is 1.90. The number of nitrogens with one attached hydrogen (secondary N) is 1. The molecule has 0 saturated carbocycles. The minimum absolute atomic E-state index is 0.433. The summed E-state index contributed by atoms with van der Waals surface area (Å²) in [5.74, 6) is 0.433. The summed E-state index contributed by atoms with van der Waals surface area (Å²) in [5, 5.41) is 7.42. The first-order chi connectivity index (χ1) is 6.68. The molecule has 0 radical (unpaired) electrons. The summed E-state index contributed by atoms with van der Waals surface area (Å²) in [4.78, 5) is 5.50. The van der Waals surface area contributed by atoms with Gasteiger partial charge in [0.15, 0.2) is 5.13 Å². The standard InChI is InChI=1S/C9H12N4S/c1-5(2)8-7(12-9(10)14-8)6-3-4-11-13-6/h3-5H,1-2H3,(H2,10,12)(H,11,13). The van der Waals surface area contributed by atoms with Crippen molar-refractivity contribution in [2.24, 2.45) is 0 Å². The van der Waals surface area contributed by atoms with Crippen LogP contribution in [0.5, 0.6) is 0 Å². The lowest BCUT2D eigenvalue weighted by molar-refractivity contribution is 0.886. The largest absolute Gasteiger partial charge is 0.375 e. The van der Waals surface area contributed by atoms with Crippen LogP contribution < -0.4 is 5.73 Å². The van der Waals surface area contributed by atoms with E-state index in [0.717, 1.165) is 11.4 Å². The first-order valence-corrected chi connectivity index (χ1v) is 5.26. The van der Waals surface area contributed by atoms with Crippen molar-refractivity contribution in [3.05, 3.63) is 17.1 Å². The molecule has 0 amide bonds. The fourth-order valence-electron chi connectivity index (χ4n) is 1.32. The molecule has 2 heterocycles. The molecule has 0 spiro atoms. The Labute approximate surface area is 86.2 Å². The molecule has 0 aromatic carbocycles. The minimum atomic E-state index is 0.433. The number of rotatable bonds is 2. The second kappa shape index (κ2) is 3.42. The Morgan fingerprint density at radius 3 is 2.86 bits per heavy atom.